The van der Waals surface area contributed by atoms with Gasteiger partial charge in [-0.05, 0) is 49.4 Å². The van der Waals surface area contributed by atoms with Crippen molar-refractivity contribution < 1.29 is 9.18 Å². The number of benzene rings is 2. The Morgan fingerprint density at radius 2 is 1.91 bits per heavy atom. The van der Waals surface area contributed by atoms with Gasteiger partial charge in [-0.25, -0.2) is 9.07 Å². The van der Waals surface area contributed by atoms with Crippen LogP contribution in [0, 0.1) is 12.7 Å². The van der Waals surface area contributed by atoms with Gasteiger partial charge in [0.15, 0.2) is 0 Å². The van der Waals surface area contributed by atoms with Crippen molar-refractivity contribution >= 4 is 23.3 Å². The Morgan fingerprint density at radius 1 is 1.17 bits per heavy atom. The molecule has 4 nitrogen and oxygen atoms in total. The molecule has 0 saturated carbocycles. The third-order valence-electron chi connectivity index (χ3n) is 3.23. The first kappa shape index (κ1) is 15.2. The Balaban J connectivity index is 1.91. The second kappa shape index (κ2) is 6.22. The average molecular weight is 330 g/mol. The summed E-state index contributed by atoms with van der Waals surface area (Å²) in [5.41, 5.74) is 1.83. The second-order valence-electron chi connectivity index (χ2n) is 5.02. The number of hydrogen-bond donors (Lipinski definition) is 1. The van der Waals surface area contributed by atoms with Crippen molar-refractivity contribution in [2.24, 2.45) is 0 Å². The van der Waals surface area contributed by atoms with Gasteiger partial charge in [-0.1, -0.05) is 17.7 Å². The van der Waals surface area contributed by atoms with E-state index in [0.29, 0.717) is 22.1 Å². The molecule has 0 saturated heterocycles. The Morgan fingerprint density at radius 3 is 2.61 bits per heavy atom. The van der Waals surface area contributed by atoms with Crippen molar-refractivity contribution in [3.8, 4) is 5.69 Å². The van der Waals surface area contributed by atoms with Gasteiger partial charge >= 0.3 is 0 Å². The number of aryl methyl sites for hydroxylation is 1. The predicted octanol–water partition coefficient (Wildman–Crippen LogP) is 4.23. The minimum Gasteiger partial charge on any atom is -0.306 e. The molecule has 0 aliphatic rings. The fourth-order valence-electron chi connectivity index (χ4n) is 2.19. The lowest BCUT2D eigenvalue weighted by molar-refractivity contribution is 0.102. The molecule has 1 heterocycles. The number of amides is 1. The van der Waals surface area contributed by atoms with E-state index in [9.17, 15) is 9.18 Å². The smallest absolute Gasteiger partial charge is 0.256 e. The number of rotatable bonds is 3. The Bertz CT molecular complexity index is 859. The van der Waals surface area contributed by atoms with Crippen LogP contribution < -0.4 is 5.32 Å². The first-order valence-corrected chi connectivity index (χ1v) is 7.30. The highest BCUT2D eigenvalue weighted by Crippen LogP contribution is 2.19. The Hall–Kier alpha value is -2.66. The van der Waals surface area contributed by atoms with Gasteiger partial charge in [0.1, 0.15) is 11.6 Å². The molecule has 0 atom stereocenters. The topological polar surface area (TPSA) is 46.9 Å². The minimum absolute atomic E-state index is 0.296. The lowest BCUT2D eigenvalue weighted by Crippen LogP contribution is -2.15. The maximum atomic E-state index is 13.1. The molecule has 1 amide bonds. The number of anilines is 1. The van der Waals surface area contributed by atoms with E-state index in [0.717, 1.165) is 5.69 Å². The molecule has 0 unspecified atom stereocenters. The first-order chi connectivity index (χ1) is 11.0. The molecule has 3 aromatic rings. The highest BCUT2D eigenvalue weighted by Gasteiger charge is 2.12. The summed E-state index contributed by atoms with van der Waals surface area (Å²) in [4.78, 5) is 12.3. The van der Waals surface area contributed by atoms with Crippen molar-refractivity contribution in [1.82, 2.24) is 9.78 Å². The Kier molecular flexibility index (Phi) is 4.12. The van der Waals surface area contributed by atoms with Gasteiger partial charge in [0.25, 0.3) is 5.91 Å². The van der Waals surface area contributed by atoms with Crippen LogP contribution in [0.1, 0.15) is 16.1 Å². The van der Waals surface area contributed by atoms with Crippen LogP contribution in [-0.2, 0) is 0 Å². The lowest BCUT2D eigenvalue weighted by Gasteiger charge is -2.09. The zero-order valence-corrected chi connectivity index (χ0v) is 13.0. The summed E-state index contributed by atoms with van der Waals surface area (Å²) < 4.78 is 14.6. The highest BCUT2D eigenvalue weighted by atomic mass is 35.5. The second-order valence-corrected chi connectivity index (χ2v) is 5.46. The number of nitrogens with zero attached hydrogens (tertiary/aromatic N) is 2. The molecule has 0 fully saturated rings. The zero-order chi connectivity index (χ0) is 16.4. The van der Waals surface area contributed by atoms with Crippen LogP contribution >= 0.6 is 11.6 Å². The molecule has 0 bridgehead atoms. The predicted molar refractivity (Wildman–Crippen MR) is 87.7 cm³/mol. The largest absolute Gasteiger partial charge is 0.306 e. The quantitative estimate of drug-likeness (QED) is 0.781. The fourth-order valence-corrected chi connectivity index (χ4v) is 2.38. The van der Waals surface area contributed by atoms with E-state index in [1.807, 2.05) is 6.92 Å². The van der Waals surface area contributed by atoms with Crippen molar-refractivity contribution in [1.29, 1.82) is 0 Å². The average Bonchev–Trinajstić information content (AvgIpc) is 2.88. The van der Waals surface area contributed by atoms with Gasteiger partial charge in [-0.2, -0.15) is 5.10 Å². The van der Waals surface area contributed by atoms with E-state index in [4.69, 9.17) is 11.6 Å². The summed E-state index contributed by atoms with van der Waals surface area (Å²) >= 11 is 5.90. The van der Waals surface area contributed by atoms with Crippen LogP contribution in [0.3, 0.4) is 0 Å². The molecule has 2 aromatic carbocycles. The van der Waals surface area contributed by atoms with E-state index in [1.165, 1.54) is 12.1 Å². The number of hydrogen-bond acceptors (Lipinski definition) is 2. The summed E-state index contributed by atoms with van der Waals surface area (Å²) in [5.74, 6) is -0.128. The van der Waals surface area contributed by atoms with Gasteiger partial charge in [0, 0.05) is 16.7 Å². The number of aromatic nitrogens is 2. The fraction of sp³-hybridized carbons (Fsp3) is 0.0588. The van der Waals surface area contributed by atoms with Gasteiger partial charge in [-0.3, -0.25) is 4.79 Å². The van der Waals surface area contributed by atoms with Crippen molar-refractivity contribution in [3.63, 3.8) is 0 Å². The maximum absolute atomic E-state index is 13.1. The van der Waals surface area contributed by atoms with Crippen LogP contribution in [0.25, 0.3) is 5.69 Å². The van der Waals surface area contributed by atoms with E-state index >= 15 is 0 Å². The van der Waals surface area contributed by atoms with Gasteiger partial charge in [0.05, 0.1) is 11.4 Å². The monoisotopic (exact) mass is 329 g/mol. The van der Waals surface area contributed by atoms with Crippen LogP contribution in [0.5, 0.6) is 0 Å². The molecule has 3 rings (SSSR count). The molecule has 1 N–H and O–H groups in total. The standard InChI is InChI=1S/C17H13ClFN3O/c1-11-9-16(20-17(23)12-3-2-4-13(18)10-12)22(21-11)15-7-5-14(19)6-8-15/h2-10H,1H3,(H,20,23). The number of nitrogens with one attached hydrogen (secondary N) is 1. The van der Waals surface area contributed by atoms with Crippen molar-refractivity contribution in [2.45, 2.75) is 6.92 Å². The SMILES string of the molecule is Cc1cc(NC(=O)c2cccc(Cl)c2)n(-c2ccc(F)cc2)n1. The molecular weight excluding hydrogens is 317 g/mol. The van der Waals surface area contributed by atoms with Crippen LogP contribution in [0.2, 0.25) is 5.02 Å². The first-order valence-electron chi connectivity index (χ1n) is 6.92. The Labute approximate surface area is 137 Å². The minimum atomic E-state index is -0.331. The van der Waals surface area contributed by atoms with E-state index < -0.39 is 0 Å². The molecule has 0 radical (unpaired) electrons. The molecule has 0 aliphatic heterocycles. The maximum Gasteiger partial charge on any atom is 0.256 e. The zero-order valence-electron chi connectivity index (χ0n) is 12.3. The molecule has 1 aromatic heterocycles. The van der Waals surface area contributed by atoms with Crippen LogP contribution in [0.4, 0.5) is 10.2 Å². The highest BCUT2D eigenvalue weighted by molar-refractivity contribution is 6.31. The van der Waals surface area contributed by atoms with E-state index in [-0.39, 0.29) is 11.7 Å². The number of halogens is 2. The summed E-state index contributed by atoms with van der Waals surface area (Å²) in [6, 6.07) is 14.3. The number of carbonyl (C=O) groups is 1. The summed E-state index contributed by atoms with van der Waals surface area (Å²) in [7, 11) is 0. The van der Waals surface area contributed by atoms with Crippen molar-refractivity contribution in [3.05, 3.63) is 76.7 Å². The summed E-state index contributed by atoms with van der Waals surface area (Å²) in [6.45, 7) is 1.81. The molecular formula is C17H13ClFN3O. The van der Waals surface area contributed by atoms with E-state index in [2.05, 4.69) is 10.4 Å². The molecule has 0 aliphatic carbocycles. The summed E-state index contributed by atoms with van der Waals surface area (Å²) in [6.07, 6.45) is 0. The summed E-state index contributed by atoms with van der Waals surface area (Å²) in [5, 5.41) is 7.61. The molecule has 0 spiro atoms. The lowest BCUT2D eigenvalue weighted by atomic mass is 10.2. The van der Waals surface area contributed by atoms with Crippen molar-refractivity contribution in [2.75, 3.05) is 5.32 Å². The molecule has 23 heavy (non-hydrogen) atoms. The molecule has 6 heteroatoms. The normalized spacial score (nSPS) is 10.6. The third-order valence-corrected chi connectivity index (χ3v) is 3.47. The van der Waals surface area contributed by atoms with Gasteiger partial charge in [0.2, 0.25) is 0 Å². The van der Waals surface area contributed by atoms with E-state index in [1.54, 1.807) is 47.1 Å². The van der Waals surface area contributed by atoms with Gasteiger partial charge < -0.3 is 5.32 Å². The van der Waals surface area contributed by atoms with Gasteiger partial charge in [-0.15, -0.1) is 0 Å². The third kappa shape index (κ3) is 3.40. The van der Waals surface area contributed by atoms with Crippen LogP contribution in [0.15, 0.2) is 54.6 Å². The number of carbonyl (C=O) groups excluding carboxylic acids is 1. The van der Waals surface area contributed by atoms with Crippen LogP contribution in [-0.4, -0.2) is 15.7 Å². The molecule has 116 valence electrons.